The van der Waals surface area contributed by atoms with Crippen LogP contribution in [0, 0.1) is 6.92 Å². The summed E-state index contributed by atoms with van der Waals surface area (Å²) in [5, 5.41) is 15.5. The average molecular weight is 414 g/mol. The number of carbonyl (C=O) groups is 1. The standard InChI is InChI=1S/C22H22N8O/c1-13-9-18(27-20(25-13)14-7-8-14)22(31)26-16-6-4-5-15(10-16)19-17(11-24-30(19)3)21-28-23-12-29(21)2/h4-6,9-12,14H,7-8H2,1-3H3,(H,26,31). The van der Waals surface area contributed by atoms with Crippen LogP contribution in [0.25, 0.3) is 22.6 Å². The van der Waals surface area contributed by atoms with Crippen molar-refractivity contribution in [3.8, 4) is 22.6 Å². The molecule has 1 amide bonds. The van der Waals surface area contributed by atoms with Gasteiger partial charge in [-0.15, -0.1) is 10.2 Å². The van der Waals surface area contributed by atoms with Crippen molar-refractivity contribution in [3.63, 3.8) is 0 Å². The van der Waals surface area contributed by atoms with E-state index in [9.17, 15) is 4.79 Å². The average Bonchev–Trinajstić information content (AvgIpc) is 3.41. The third-order valence-corrected chi connectivity index (χ3v) is 5.33. The van der Waals surface area contributed by atoms with Crippen LogP contribution in [0.4, 0.5) is 5.69 Å². The van der Waals surface area contributed by atoms with Crippen LogP contribution in [0.15, 0.2) is 42.9 Å². The highest BCUT2D eigenvalue weighted by Gasteiger charge is 2.27. The fourth-order valence-electron chi connectivity index (χ4n) is 3.64. The molecule has 1 aliphatic rings. The molecule has 31 heavy (non-hydrogen) atoms. The Morgan fingerprint density at radius 1 is 1.16 bits per heavy atom. The highest BCUT2D eigenvalue weighted by molar-refractivity contribution is 6.03. The van der Waals surface area contributed by atoms with E-state index in [0.717, 1.165) is 47.0 Å². The predicted molar refractivity (Wildman–Crippen MR) is 115 cm³/mol. The van der Waals surface area contributed by atoms with E-state index in [4.69, 9.17) is 0 Å². The number of carbonyl (C=O) groups excluding carboxylic acids is 1. The van der Waals surface area contributed by atoms with Gasteiger partial charge in [0.25, 0.3) is 5.91 Å². The monoisotopic (exact) mass is 414 g/mol. The van der Waals surface area contributed by atoms with Crippen molar-refractivity contribution in [2.75, 3.05) is 5.32 Å². The van der Waals surface area contributed by atoms with Crippen LogP contribution in [0.3, 0.4) is 0 Å². The van der Waals surface area contributed by atoms with Crippen LogP contribution in [0.2, 0.25) is 0 Å². The fourth-order valence-corrected chi connectivity index (χ4v) is 3.64. The summed E-state index contributed by atoms with van der Waals surface area (Å²) in [4.78, 5) is 21.8. The topological polar surface area (TPSA) is 103 Å². The van der Waals surface area contributed by atoms with Gasteiger partial charge in [0.2, 0.25) is 0 Å². The largest absolute Gasteiger partial charge is 0.321 e. The minimum absolute atomic E-state index is 0.247. The summed E-state index contributed by atoms with van der Waals surface area (Å²) in [6.07, 6.45) is 5.60. The van der Waals surface area contributed by atoms with Crippen molar-refractivity contribution in [2.24, 2.45) is 14.1 Å². The lowest BCUT2D eigenvalue weighted by Crippen LogP contribution is -2.15. The number of amides is 1. The normalized spacial score (nSPS) is 13.4. The Hall–Kier alpha value is -3.88. The first-order chi connectivity index (χ1) is 15.0. The molecule has 4 aromatic rings. The summed E-state index contributed by atoms with van der Waals surface area (Å²) in [5.41, 5.74) is 4.54. The second-order valence-electron chi connectivity index (χ2n) is 7.86. The second kappa shape index (κ2) is 7.42. The Morgan fingerprint density at radius 3 is 2.74 bits per heavy atom. The Labute approximate surface area is 179 Å². The van der Waals surface area contributed by atoms with Crippen molar-refractivity contribution in [1.82, 2.24) is 34.5 Å². The quantitative estimate of drug-likeness (QED) is 0.538. The van der Waals surface area contributed by atoms with Gasteiger partial charge in [-0.3, -0.25) is 9.48 Å². The van der Waals surface area contributed by atoms with Crippen molar-refractivity contribution < 1.29 is 4.79 Å². The molecule has 3 heterocycles. The zero-order chi connectivity index (χ0) is 21.5. The molecule has 0 bridgehead atoms. The molecule has 0 atom stereocenters. The summed E-state index contributed by atoms with van der Waals surface area (Å²) >= 11 is 0. The summed E-state index contributed by atoms with van der Waals surface area (Å²) in [6.45, 7) is 1.89. The molecule has 0 unspecified atom stereocenters. The summed E-state index contributed by atoms with van der Waals surface area (Å²) in [5.74, 6) is 1.63. The van der Waals surface area contributed by atoms with Gasteiger partial charge < -0.3 is 9.88 Å². The van der Waals surface area contributed by atoms with Gasteiger partial charge in [-0.25, -0.2) is 9.97 Å². The minimum atomic E-state index is -0.247. The number of aryl methyl sites for hydroxylation is 3. The van der Waals surface area contributed by atoms with Crippen molar-refractivity contribution >= 4 is 11.6 Å². The van der Waals surface area contributed by atoms with Crippen LogP contribution in [0.5, 0.6) is 0 Å². The number of nitrogens with one attached hydrogen (secondary N) is 1. The zero-order valence-electron chi connectivity index (χ0n) is 17.6. The number of hydrogen-bond donors (Lipinski definition) is 1. The highest BCUT2D eigenvalue weighted by atomic mass is 16.1. The van der Waals surface area contributed by atoms with Crippen LogP contribution in [-0.4, -0.2) is 40.4 Å². The maximum atomic E-state index is 12.9. The van der Waals surface area contributed by atoms with Crippen LogP contribution in [0.1, 0.15) is 40.8 Å². The van der Waals surface area contributed by atoms with Gasteiger partial charge in [0.15, 0.2) is 5.82 Å². The molecule has 3 aromatic heterocycles. The lowest BCUT2D eigenvalue weighted by Gasteiger charge is -2.10. The van der Waals surface area contributed by atoms with Crippen LogP contribution in [-0.2, 0) is 14.1 Å². The fraction of sp³-hybridized carbons (Fsp3) is 0.273. The molecule has 5 rings (SSSR count). The molecule has 0 radical (unpaired) electrons. The summed E-state index contributed by atoms with van der Waals surface area (Å²) in [6, 6.07) is 9.38. The maximum Gasteiger partial charge on any atom is 0.274 e. The van der Waals surface area contributed by atoms with Crippen molar-refractivity contribution in [2.45, 2.75) is 25.7 Å². The van der Waals surface area contributed by atoms with Gasteiger partial charge in [0.1, 0.15) is 17.8 Å². The van der Waals surface area contributed by atoms with E-state index < -0.39 is 0 Å². The van der Waals surface area contributed by atoms with Crippen LogP contribution < -0.4 is 5.32 Å². The van der Waals surface area contributed by atoms with E-state index in [2.05, 4.69) is 30.6 Å². The van der Waals surface area contributed by atoms with Gasteiger partial charge >= 0.3 is 0 Å². The number of rotatable bonds is 5. The van der Waals surface area contributed by atoms with E-state index in [1.54, 1.807) is 23.3 Å². The van der Waals surface area contributed by atoms with Crippen molar-refractivity contribution in [1.29, 1.82) is 0 Å². The van der Waals surface area contributed by atoms with E-state index in [1.165, 1.54) is 0 Å². The zero-order valence-corrected chi connectivity index (χ0v) is 17.6. The number of anilines is 1. The van der Waals surface area contributed by atoms with Gasteiger partial charge in [0.05, 0.1) is 17.5 Å². The number of aromatic nitrogens is 7. The first-order valence-electron chi connectivity index (χ1n) is 10.1. The molecule has 1 saturated carbocycles. The van der Waals surface area contributed by atoms with Gasteiger partial charge in [0, 0.05) is 37.0 Å². The Bertz CT molecular complexity index is 1280. The smallest absolute Gasteiger partial charge is 0.274 e. The molecule has 156 valence electrons. The minimum Gasteiger partial charge on any atom is -0.321 e. The molecule has 0 aliphatic heterocycles. The first-order valence-corrected chi connectivity index (χ1v) is 10.1. The third-order valence-electron chi connectivity index (χ3n) is 5.33. The molecule has 1 fully saturated rings. The van der Waals surface area contributed by atoms with Gasteiger partial charge in [-0.2, -0.15) is 5.10 Å². The lowest BCUT2D eigenvalue weighted by molar-refractivity contribution is 0.102. The second-order valence-corrected chi connectivity index (χ2v) is 7.86. The summed E-state index contributed by atoms with van der Waals surface area (Å²) < 4.78 is 3.64. The molecule has 1 aromatic carbocycles. The van der Waals surface area contributed by atoms with E-state index in [0.29, 0.717) is 17.3 Å². The summed E-state index contributed by atoms with van der Waals surface area (Å²) in [7, 11) is 3.77. The lowest BCUT2D eigenvalue weighted by atomic mass is 10.1. The maximum absolute atomic E-state index is 12.9. The molecule has 0 spiro atoms. The molecule has 9 heteroatoms. The van der Waals surface area contributed by atoms with Gasteiger partial charge in [-0.1, -0.05) is 12.1 Å². The predicted octanol–water partition coefficient (Wildman–Crippen LogP) is 3.11. The highest BCUT2D eigenvalue weighted by Crippen LogP contribution is 2.38. The molecule has 0 saturated heterocycles. The number of nitrogens with zero attached hydrogens (tertiary/aromatic N) is 7. The Balaban J connectivity index is 1.45. The Morgan fingerprint density at radius 2 is 2.00 bits per heavy atom. The van der Waals surface area contributed by atoms with Crippen molar-refractivity contribution in [3.05, 3.63) is 60.1 Å². The number of benzene rings is 1. The van der Waals surface area contributed by atoms with Crippen LogP contribution >= 0.6 is 0 Å². The first kappa shape index (κ1) is 19.1. The van der Waals surface area contributed by atoms with E-state index >= 15 is 0 Å². The van der Waals surface area contributed by atoms with E-state index in [1.807, 2.05) is 49.9 Å². The Kier molecular flexibility index (Phi) is 4.58. The van der Waals surface area contributed by atoms with Gasteiger partial charge in [-0.05, 0) is 38.0 Å². The SMILES string of the molecule is Cc1cc(C(=O)Nc2cccc(-c3c(-c4nncn4C)cnn3C)c2)nc(C2CC2)n1. The molecular formula is C22H22N8O. The number of hydrogen-bond acceptors (Lipinski definition) is 6. The third kappa shape index (κ3) is 3.70. The van der Waals surface area contributed by atoms with E-state index in [-0.39, 0.29) is 5.91 Å². The molecule has 1 aliphatic carbocycles. The molecular weight excluding hydrogens is 392 g/mol. The molecule has 1 N–H and O–H groups in total. The molecule has 9 nitrogen and oxygen atoms in total.